The second-order valence-electron chi connectivity index (χ2n) is 7.41. The van der Waals surface area contributed by atoms with Gasteiger partial charge in [-0.25, -0.2) is 0 Å². The van der Waals surface area contributed by atoms with Crippen LogP contribution in [0.25, 0.3) is 10.9 Å². The molecular formula is C23H22N4O2S2. The second kappa shape index (κ2) is 9.21. The number of aromatic amines is 1. The highest BCUT2D eigenvalue weighted by atomic mass is 32.2. The van der Waals surface area contributed by atoms with E-state index in [9.17, 15) is 4.79 Å². The van der Waals surface area contributed by atoms with Gasteiger partial charge in [-0.3, -0.25) is 4.79 Å². The Morgan fingerprint density at radius 3 is 2.87 bits per heavy atom. The summed E-state index contributed by atoms with van der Waals surface area (Å²) in [4.78, 5) is 16.8. The van der Waals surface area contributed by atoms with Crippen LogP contribution in [0.5, 0.6) is 0 Å². The van der Waals surface area contributed by atoms with Crippen molar-refractivity contribution < 1.29 is 9.53 Å². The first-order chi connectivity index (χ1) is 15.3. The number of ketones is 1. The summed E-state index contributed by atoms with van der Waals surface area (Å²) in [6, 6.07) is 17.7. The second-order valence-corrected chi connectivity index (χ2v) is 9.74. The number of H-pyrrole nitrogens is 1. The molecule has 4 aromatic rings. The predicted octanol–water partition coefficient (Wildman–Crippen LogP) is 5.33. The molecule has 2 atom stereocenters. The van der Waals surface area contributed by atoms with Crippen molar-refractivity contribution >= 4 is 44.9 Å². The maximum Gasteiger partial charge on any atom is 0.206 e. The number of nitrogens with zero attached hydrogens (tertiary/aromatic N) is 2. The van der Waals surface area contributed by atoms with Crippen LogP contribution in [0.4, 0.5) is 5.13 Å². The highest BCUT2D eigenvalue weighted by molar-refractivity contribution is 8.02. The molecule has 3 heterocycles. The van der Waals surface area contributed by atoms with Gasteiger partial charge in [0, 0.05) is 35.8 Å². The molecular weight excluding hydrogens is 428 g/mol. The minimum absolute atomic E-state index is 0.0534. The SMILES string of the molecule is O=C(c1c[nH]c2ccccc12)[C@H](Sc1nnc(NC[C@@H]2CCCO2)s1)c1ccccc1. The van der Waals surface area contributed by atoms with Crippen molar-refractivity contribution in [2.45, 2.75) is 28.5 Å². The van der Waals surface area contributed by atoms with Crippen LogP contribution in [0, 0.1) is 0 Å². The van der Waals surface area contributed by atoms with E-state index in [0.717, 1.165) is 51.9 Å². The average molecular weight is 451 g/mol. The summed E-state index contributed by atoms with van der Waals surface area (Å²) >= 11 is 2.92. The Morgan fingerprint density at radius 2 is 2.03 bits per heavy atom. The molecule has 6 nitrogen and oxygen atoms in total. The van der Waals surface area contributed by atoms with Gasteiger partial charge in [-0.05, 0) is 24.5 Å². The number of thioether (sulfide) groups is 1. The number of nitrogens with one attached hydrogen (secondary N) is 2. The lowest BCUT2D eigenvalue weighted by molar-refractivity contribution is 0.0991. The molecule has 1 aliphatic rings. The maximum atomic E-state index is 13.6. The van der Waals surface area contributed by atoms with Crippen molar-refractivity contribution in [3.63, 3.8) is 0 Å². The van der Waals surface area contributed by atoms with E-state index in [1.54, 1.807) is 6.20 Å². The van der Waals surface area contributed by atoms with Crippen LogP contribution in [0.1, 0.15) is 34.0 Å². The molecule has 2 aromatic heterocycles. The Labute approximate surface area is 188 Å². The average Bonchev–Trinajstić information content (AvgIpc) is 3.57. The monoisotopic (exact) mass is 450 g/mol. The first-order valence-corrected chi connectivity index (χ1v) is 12.0. The topological polar surface area (TPSA) is 79.9 Å². The summed E-state index contributed by atoms with van der Waals surface area (Å²) in [7, 11) is 0. The Balaban J connectivity index is 1.38. The predicted molar refractivity (Wildman–Crippen MR) is 125 cm³/mol. The van der Waals surface area contributed by atoms with Gasteiger partial charge in [0.2, 0.25) is 5.13 Å². The number of para-hydroxylation sites is 1. The molecule has 0 aliphatic carbocycles. The molecule has 0 radical (unpaired) electrons. The molecule has 0 bridgehead atoms. The lowest BCUT2D eigenvalue weighted by Crippen LogP contribution is -2.18. The third-order valence-corrected chi connectivity index (χ3v) is 7.54. The Morgan fingerprint density at radius 1 is 1.19 bits per heavy atom. The smallest absolute Gasteiger partial charge is 0.206 e. The number of fused-ring (bicyclic) bond motifs is 1. The third kappa shape index (κ3) is 4.51. The molecule has 0 saturated carbocycles. The van der Waals surface area contributed by atoms with Gasteiger partial charge in [0.05, 0.1) is 6.10 Å². The molecule has 1 fully saturated rings. The molecule has 1 saturated heterocycles. The number of ether oxygens (including phenoxy) is 1. The summed E-state index contributed by atoms with van der Waals surface area (Å²) in [5.41, 5.74) is 2.60. The Hall–Kier alpha value is -2.68. The molecule has 5 rings (SSSR count). The van der Waals surface area contributed by atoms with Gasteiger partial charge in [-0.1, -0.05) is 71.6 Å². The van der Waals surface area contributed by atoms with Crippen molar-refractivity contribution in [2.24, 2.45) is 0 Å². The van der Waals surface area contributed by atoms with E-state index < -0.39 is 5.25 Å². The van der Waals surface area contributed by atoms with E-state index >= 15 is 0 Å². The largest absolute Gasteiger partial charge is 0.376 e. The van der Waals surface area contributed by atoms with E-state index in [1.165, 1.54) is 23.1 Å². The number of aromatic nitrogens is 3. The Kier molecular flexibility index (Phi) is 6.01. The van der Waals surface area contributed by atoms with Crippen molar-refractivity contribution in [2.75, 3.05) is 18.5 Å². The fraction of sp³-hybridized carbons (Fsp3) is 0.261. The zero-order chi connectivity index (χ0) is 21.0. The van der Waals surface area contributed by atoms with Gasteiger partial charge in [0.15, 0.2) is 10.1 Å². The fourth-order valence-corrected chi connectivity index (χ4v) is 5.77. The summed E-state index contributed by atoms with van der Waals surface area (Å²) in [5, 5.41) is 13.2. The lowest BCUT2D eigenvalue weighted by Gasteiger charge is -2.14. The molecule has 2 N–H and O–H groups in total. The third-order valence-electron chi connectivity index (χ3n) is 5.33. The number of Topliss-reactive ketones (excluding diaryl/α,β-unsaturated/α-hetero) is 1. The van der Waals surface area contributed by atoms with E-state index in [-0.39, 0.29) is 11.9 Å². The van der Waals surface area contributed by atoms with Gasteiger partial charge in [0.25, 0.3) is 0 Å². The maximum absolute atomic E-state index is 13.6. The summed E-state index contributed by atoms with van der Waals surface area (Å²) in [6.45, 7) is 1.56. The van der Waals surface area contributed by atoms with Crippen molar-refractivity contribution in [1.82, 2.24) is 15.2 Å². The van der Waals surface area contributed by atoms with E-state index in [1.807, 2.05) is 54.6 Å². The lowest BCUT2D eigenvalue weighted by atomic mass is 10.0. The van der Waals surface area contributed by atoms with Gasteiger partial charge >= 0.3 is 0 Å². The number of hydrogen-bond acceptors (Lipinski definition) is 7. The quantitative estimate of drug-likeness (QED) is 0.279. The number of hydrogen-bond donors (Lipinski definition) is 2. The van der Waals surface area contributed by atoms with E-state index in [4.69, 9.17) is 4.74 Å². The Bertz CT molecular complexity index is 1170. The number of benzene rings is 2. The van der Waals surface area contributed by atoms with Crippen LogP contribution in [0.3, 0.4) is 0 Å². The summed E-state index contributed by atoms with van der Waals surface area (Å²) in [5.74, 6) is 0.0534. The highest BCUT2D eigenvalue weighted by Crippen LogP contribution is 2.40. The van der Waals surface area contributed by atoms with E-state index in [2.05, 4.69) is 20.5 Å². The van der Waals surface area contributed by atoms with Crippen LogP contribution in [-0.2, 0) is 4.74 Å². The molecule has 158 valence electrons. The summed E-state index contributed by atoms with van der Waals surface area (Å²) in [6.07, 6.45) is 4.22. The molecule has 0 amide bonds. The van der Waals surface area contributed by atoms with Crippen LogP contribution in [0.2, 0.25) is 0 Å². The molecule has 2 aromatic carbocycles. The van der Waals surface area contributed by atoms with Crippen LogP contribution < -0.4 is 5.32 Å². The van der Waals surface area contributed by atoms with Gasteiger partial charge in [-0.15, -0.1) is 10.2 Å². The van der Waals surface area contributed by atoms with E-state index in [0.29, 0.717) is 5.56 Å². The minimum atomic E-state index is -0.403. The fourth-order valence-electron chi connectivity index (χ4n) is 3.75. The van der Waals surface area contributed by atoms with Crippen molar-refractivity contribution in [3.8, 4) is 0 Å². The van der Waals surface area contributed by atoms with Crippen molar-refractivity contribution in [3.05, 3.63) is 71.9 Å². The summed E-state index contributed by atoms with van der Waals surface area (Å²) < 4.78 is 6.41. The number of carbonyl (C=O) groups is 1. The normalized spacial score (nSPS) is 17.1. The van der Waals surface area contributed by atoms with Crippen LogP contribution in [-0.4, -0.2) is 40.2 Å². The number of rotatable bonds is 8. The zero-order valence-corrected chi connectivity index (χ0v) is 18.4. The molecule has 0 spiro atoms. The van der Waals surface area contributed by atoms with Crippen molar-refractivity contribution in [1.29, 1.82) is 0 Å². The van der Waals surface area contributed by atoms with Gasteiger partial charge in [0.1, 0.15) is 5.25 Å². The molecule has 31 heavy (non-hydrogen) atoms. The highest BCUT2D eigenvalue weighted by Gasteiger charge is 2.27. The zero-order valence-electron chi connectivity index (χ0n) is 16.8. The number of carbonyl (C=O) groups excluding carboxylic acids is 1. The van der Waals surface area contributed by atoms with Crippen LogP contribution in [0.15, 0.2) is 65.1 Å². The molecule has 0 unspecified atom stereocenters. The number of anilines is 1. The van der Waals surface area contributed by atoms with Gasteiger partial charge < -0.3 is 15.0 Å². The molecule has 8 heteroatoms. The first kappa shape index (κ1) is 20.2. The first-order valence-electron chi connectivity index (χ1n) is 10.3. The minimum Gasteiger partial charge on any atom is -0.376 e. The standard InChI is InChI=1S/C23H22N4O2S2/c28-20(18-14-24-19-11-5-4-10-17(18)19)21(15-7-2-1-3-8-15)30-23-27-26-22(31-23)25-13-16-9-6-12-29-16/h1-5,7-8,10-11,14,16,21,24H,6,9,12-13H2,(H,25,26)/t16-,21+/m0/s1. The van der Waals surface area contributed by atoms with Crippen LogP contribution >= 0.6 is 23.1 Å². The van der Waals surface area contributed by atoms with Gasteiger partial charge in [-0.2, -0.15) is 0 Å². The molecule has 1 aliphatic heterocycles.